The van der Waals surface area contributed by atoms with Crippen molar-refractivity contribution >= 4 is 0 Å². The van der Waals surface area contributed by atoms with Gasteiger partial charge in [-0.2, -0.15) is 13.2 Å². The van der Waals surface area contributed by atoms with Crippen LogP contribution in [0.3, 0.4) is 0 Å². The molecule has 6 heterocycles. The Hall–Kier alpha value is -2.02. The first-order chi connectivity index (χ1) is 11.9. The van der Waals surface area contributed by atoms with Crippen molar-refractivity contribution in [2.75, 3.05) is 19.6 Å². The molecule has 0 unspecified atom stereocenters. The summed E-state index contributed by atoms with van der Waals surface area (Å²) in [6.45, 7) is 3.16. The maximum absolute atomic E-state index is 12.7. The molecule has 2 bridgehead atoms. The third-order valence-corrected chi connectivity index (χ3v) is 5.75. The van der Waals surface area contributed by atoms with E-state index in [0.29, 0.717) is 22.9 Å². The van der Waals surface area contributed by atoms with Crippen LogP contribution in [0, 0.1) is 5.92 Å². The second-order valence-corrected chi connectivity index (χ2v) is 7.28. The van der Waals surface area contributed by atoms with E-state index < -0.39 is 11.9 Å². The van der Waals surface area contributed by atoms with Gasteiger partial charge in [-0.1, -0.05) is 0 Å². The largest absolute Gasteiger partial charge is 0.469 e. The zero-order chi connectivity index (χ0) is 17.2. The fourth-order valence-corrected chi connectivity index (χ4v) is 4.50. The van der Waals surface area contributed by atoms with E-state index in [9.17, 15) is 13.2 Å². The van der Waals surface area contributed by atoms with Crippen molar-refractivity contribution in [2.24, 2.45) is 5.92 Å². The number of aromatic nitrogens is 1. The number of hydrogen-bond donors (Lipinski definition) is 0. The Morgan fingerprint density at radius 1 is 1.16 bits per heavy atom. The molecule has 132 valence electrons. The van der Waals surface area contributed by atoms with E-state index >= 15 is 0 Å². The number of alkyl halides is 3. The molecule has 1 spiro atoms. The molecule has 4 nitrogen and oxygen atoms in total. The van der Waals surface area contributed by atoms with Gasteiger partial charge in [-0.25, -0.2) is 4.98 Å². The van der Waals surface area contributed by atoms with Crippen LogP contribution in [-0.2, 0) is 12.6 Å². The van der Waals surface area contributed by atoms with Crippen LogP contribution in [0.15, 0.2) is 29.0 Å². The molecule has 1 atom stereocenters. The molecule has 0 aromatic carbocycles. The van der Waals surface area contributed by atoms with Crippen LogP contribution in [0.4, 0.5) is 13.2 Å². The van der Waals surface area contributed by atoms with Gasteiger partial charge in [0.15, 0.2) is 0 Å². The fourth-order valence-electron chi connectivity index (χ4n) is 4.50. The lowest BCUT2D eigenvalue weighted by Crippen LogP contribution is -2.61. The van der Waals surface area contributed by atoms with Crippen molar-refractivity contribution in [3.63, 3.8) is 0 Å². The third kappa shape index (κ3) is 2.36. The number of ether oxygens (including phenoxy) is 1. The molecule has 3 saturated heterocycles. The smallest absolute Gasteiger partial charge is 0.449 e. The summed E-state index contributed by atoms with van der Waals surface area (Å²) in [5.74, 6) is 0.158. The van der Waals surface area contributed by atoms with Gasteiger partial charge in [0.05, 0.1) is 6.26 Å². The first-order valence-corrected chi connectivity index (χ1v) is 8.49. The molecule has 4 aliphatic heterocycles. The Kier molecular flexibility index (Phi) is 3.05. The van der Waals surface area contributed by atoms with E-state index in [2.05, 4.69) is 14.3 Å². The molecule has 0 amide bonds. The van der Waals surface area contributed by atoms with Crippen LogP contribution in [0.5, 0.6) is 5.88 Å². The summed E-state index contributed by atoms with van der Waals surface area (Å²) < 4.78 is 49.1. The lowest BCUT2D eigenvalue weighted by molar-refractivity contribution is -0.153. The quantitative estimate of drug-likeness (QED) is 0.785. The minimum absolute atomic E-state index is 0.210. The highest BCUT2D eigenvalue weighted by molar-refractivity contribution is 5.64. The van der Waals surface area contributed by atoms with E-state index in [1.807, 2.05) is 6.07 Å². The average Bonchev–Trinajstić information content (AvgIpc) is 3.19. The Morgan fingerprint density at radius 3 is 2.60 bits per heavy atom. The van der Waals surface area contributed by atoms with E-state index in [4.69, 9.17) is 4.74 Å². The van der Waals surface area contributed by atoms with Crippen LogP contribution in [-0.4, -0.2) is 35.1 Å². The highest BCUT2D eigenvalue weighted by Crippen LogP contribution is 2.46. The van der Waals surface area contributed by atoms with Crippen LogP contribution < -0.4 is 4.74 Å². The molecule has 0 N–H and O–H groups in total. The van der Waals surface area contributed by atoms with E-state index in [1.165, 1.54) is 0 Å². The first kappa shape index (κ1) is 15.3. The Labute approximate surface area is 142 Å². The molecule has 0 saturated carbocycles. The number of piperidine rings is 3. The van der Waals surface area contributed by atoms with Crippen molar-refractivity contribution in [1.29, 1.82) is 0 Å². The number of furan rings is 1. The fraction of sp³-hybridized carbons (Fsp3) is 0.500. The summed E-state index contributed by atoms with van der Waals surface area (Å²) in [6, 6.07) is 2.91. The summed E-state index contributed by atoms with van der Waals surface area (Å²) in [5, 5.41) is 0. The van der Waals surface area contributed by atoms with E-state index in [0.717, 1.165) is 56.8 Å². The van der Waals surface area contributed by atoms with Gasteiger partial charge in [0.2, 0.25) is 11.6 Å². The summed E-state index contributed by atoms with van der Waals surface area (Å²) in [4.78, 5) is 6.81. The van der Waals surface area contributed by atoms with Gasteiger partial charge < -0.3 is 9.15 Å². The van der Waals surface area contributed by atoms with Gasteiger partial charge in [-0.15, -0.1) is 0 Å². The molecule has 2 aromatic heterocycles. The van der Waals surface area contributed by atoms with Gasteiger partial charge in [0.25, 0.3) is 0 Å². The number of nitrogens with zero attached hydrogens (tertiary/aromatic N) is 2. The monoisotopic (exact) mass is 350 g/mol. The van der Waals surface area contributed by atoms with Crippen molar-refractivity contribution in [2.45, 2.75) is 31.0 Å². The molecule has 0 radical (unpaired) electrons. The summed E-state index contributed by atoms with van der Waals surface area (Å²) in [6.07, 6.45) is 1.25. The molecule has 2 aromatic rings. The molecule has 4 aliphatic rings. The van der Waals surface area contributed by atoms with Crippen molar-refractivity contribution < 1.29 is 22.3 Å². The molecule has 6 rings (SSSR count). The van der Waals surface area contributed by atoms with Crippen molar-refractivity contribution in [1.82, 2.24) is 9.88 Å². The lowest BCUT2D eigenvalue weighted by atomic mass is 9.73. The van der Waals surface area contributed by atoms with Crippen LogP contribution in [0.1, 0.15) is 24.2 Å². The van der Waals surface area contributed by atoms with Gasteiger partial charge in [0.1, 0.15) is 5.60 Å². The molecule has 0 aliphatic carbocycles. The van der Waals surface area contributed by atoms with Crippen molar-refractivity contribution in [3.8, 4) is 17.0 Å². The number of fused-ring (bicyclic) bond motifs is 3. The number of pyridine rings is 1. The predicted molar refractivity (Wildman–Crippen MR) is 83.2 cm³/mol. The maximum Gasteiger partial charge on any atom is 0.449 e. The SMILES string of the molecule is FC(F)(F)c1cc(-c2cnc3c(c2)C[C@@]2(CN4CCC2CC4)O3)co1. The van der Waals surface area contributed by atoms with E-state index in [-0.39, 0.29) is 5.60 Å². The molecule has 25 heavy (non-hydrogen) atoms. The summed E-state index contributed by atoms with van der Waals surface area (Å²) in [5.41, 5.74) is 1.77. The van der Waals surface area contributed by atoms with Gasteiger partial charge in [-0.3, -0.25) is 4.90 Å². The van der Waals surface area contributed by atoms with Gasteiger partial charge in [0, 0.05) is 41.8 Å². The van der Waals surface area contributed by atoms with Gasteiger partial charge in [-0.05, 0) is 38.1 Å². The standard InChI is InChI=1S/C18H17F3N2O2/c19-18(20,21)15-6-13(9-24-15)12-5-11-7-17(25-16(11)22-8-12)10-23-3-1-14(17)2-4-23/h5-6,8-9,14H,1-4,7,10H2/t17-/m0/s1. The number of halogens is 3. The average molecular weight is 350 g/mol. The number of rotatable bonds is 1. The Balaban J connectivity index is 1.45. The molecular weight excluding hydrogens is 333 g/mol. The number of hydrogen-bond acceptors (Lipinski definition) is 4. The van der Waals surface area contributed by atoms with E-state index in [1.54, 1.807) is 6.20 Å². The first-order valence-electron chi connectivity index (χ1n) is 8.49. The van der Waals surface area contributed by atoms with Crippen LogP contribution in [0.25, 0.3) is 11.1 Å². The van der Waals surface area contributed by atoms with Crippen LogP contribution in [0.2, 0.25) is 0 Å². The topological polar surface area (TPSA) is 38.5 Å². The maximum atomic E-state index is 12.7. The zero-order valence-electron chi connectivity index (χ0n) is 13.5. The predicted octanol–water partition coefficient (Wildman–Crippen LogP) is 3.76. The second kappa shape index (κ2) is 5.00. The Bertz CT molecular complexity index is 824. The third-order valence-electron chi connectivity index (χ3n) is 5.75. The normalized spacial score (nSPS) is 30.5. The minimum Gasteiger partial charge on any atom is -0.469 e. The van der Waals surface area contributed by atoms with Gasteiger partial charge >= 0.3 is 6.18 Å². The minimum atomic E-state index is -4.48. The van der Waals surface area contributed by atoms with Crippen LogP contribution >= 0.6 is 0 Å². The summed E-state index contributed by atoms with van der Waals surface area (Å²) in [7, 11) is 0. The summed E-state index contributed by atoms with van der Waals surface area (Å²) >= 11 is 0. The highest BCUT2D eigenvalue weighted by Gasteiger charge is 2.52. The highest BCUT2D eigenvalue weighted by atomic mass is 19.4. The molecule has 7 heteroatoms. The molecular formula is C18H17F3N2O2. The second-order valence-electron chi connectivity index (χ2n) is 7.28. The lowest BCUT2D eigenvalue weighted by Gasteiger charge is -2.50. The van der Waals surface area contributed by atoms with Crippen molar-refractivity contribution in [3.05, 3.63) is 35.9 Å². The molecule has 3 fully saturated rings. The Morgan fingerprint density at radius 2 is 1.96 bits per heavy atom. The zero-order valence-corrected chi connectivity index (χ0v) is 13.5.